The summed E-state index contributed by atoms with van der Waals surface area (Å²) in [5, 5.41) is 1.72. The number of aldehydes is 1. The molecule has 114 valence electrons. The van der Waals surface area contributed by atoms with Gasteiger partial charge in [-0.15, -0.1) is 5.06 Å². The summed E-state index contributed by atoms with van der Waals surface area (Å²) in [6.07, 6.45) is 0.852. The Hall–Kier alpha value is -1.88. The predicted molar refractivity (Wildman–Crippen MR) is 81.2 cm³/mol. The number of nitrogens with zero attached hydrogens (tertiary/aromatic N) is 2. The molecule has 0 saturated carbocycles. The van der Waals surface area contributed by atoms with E-state index < -0.39 is 5.41 Å². The lowest BCUT2D eigenvalue weighted by Crippen LogP contribution is -2.48. The molecule has 1 saturated heterocycles. The predicted octanol–water partition coefficient (Wildman–Crippen LogP) is 2.13. The van der Waals surface area contributed by atoms with Crippen molar-refractivity contribution < 1.29 is 14.4 Å². The molecule has 5 nitrogen and oxygen atoms in total. The highest BCUT2D eigenvalue weighted by Gasteiger charge is 2.27. The van der Waals surface area contributed by atoms with Crippen molar-refractivity contribution in [1.82, 2.24) is 5.06 Å². The highest BCUT2D eigenvalue weighted by Crippen LogP contribution is 2.20. The number of anilines is 1. The molecular formula is C16H22N2O3. The lowest BCUT2D eigenvalue weighted by atomic mass is 9.98. The molecule has 1 heterocycles. The minimum atomic E-state index is -0.491. The summed E-state index contributed by atoms with van der Waals surface area (Å²) >= 11 is 0. The van der Waals surface area contributed by atoms with E-state index in [1.54, 1.807) is 11.1 Å². The van der Waals surface area contributed by atoms with Crippen molar-refractivity contribution in [3.63, 3.8) is 0 Å². The van der Waals surface area contributed by atoms with Crippen LogP contribution >= 0.6 is 0 Å². The van der Waals surface area contributed by atoms with Crippen molar-refractivity contribution in [1.29, 1.82) is 0 Å². The number of carbonyl (C=O) groups excluding carboxylic acids is 2. The second-order valence-corrected chi connectivity index (χ2v) is 6.26. The van der Waals surface area contributed by atoms with Crippen LogP contribution in [0.1, 0.15) is 31.1 Å². The number of hydroxylamine groups is 2. The van der Waals surface area contributed by atoms with E-state index in [9.17, 15) is 9.59 Å². The maximum atomic E-state index is 11.9. The van der Waals surface area contributed by atoms with Gasteiger partial charge in [0.25, 0.3) is 0 Å². The molecule has 1 aromatic rings. The first-order valence-electron chi connectivity index (χ1n) is 7.18. The second kappa shape index (κ2) is 6.26. The third-order valence-electron chi connectivity index (χ3n) is 3.43. The summed E-state index contributed by atoms with van der Waals surface area (Å²) < 4.78 is 0. The Morgan fingerprint density at radius 2 is 1.86 bits per heavy atom. The standard InChI is InChI=1S/C16H22N2O3/c1-16(2,3)15(20)21-18-9-7-17(8-10-18)14-6-4-5-13(11-14)12-19/h4-6,11-12H,7-10H2,1-3H3. The molecule has 2 rings (SSSR count). The smallest absolute Gasteiger partial charge is 0.330 e. The van der Waals surface area contributed by atoms with E-state index in [1.165, 1.54) is 0 Å². The average Bonchev–Trinajstić information content (AvgIpc) is 2.47. The molecule has 1 aliphatic rings. The molecule has 0 aliphatic carbocycles. The molecule has 0 radical (unpaired) electrons. The van der Waals surface area contributed by atoms with Crippen LogP contribution in [0.3, 0.4) is 0 Å². The SMILES string of the molecule is CC(C)(C)C(=O)ON1CCN(c2cccc(C=O)c2)CC1. The van der Waals surface area contributed by atoms with Crippen LogP contribution in [0.25, 0.3) is 0 Å². The van der Waals surface area contributed by atoms with Crippen molar-refractivity contribution in [3.8, 4) is 0 Å². The fraction of sp³-hybridized carbons (Fsp3) is 0.500. The molecule has 1 aromatic carbocycles. The zero-order valence-electron chi connectivity index (χ0n) is 12.8. The molecule has 5 heteroatoms. The summed E-state index contributed by atoms with van der Waals surface area (Å²) in [4.78, 5) is 30.3. The van der Waals surface area contributed by atoms with Gasteiger partial charge in [0.2, 0.25) is 0 Å². The van der Waals surface area contributed by atoms with E-state index in [-0.39, 0.29) is 5.97 Å². The lowest BCUT2D eigenvalue weighted by molar-refractivity contribution is -0.201. The average molecular weight is 290 g/mol. The van der Waals surface area contributed by atoms with E-state index in [1.807, 2.05) is 39.0 Å². The summed E-state index contributed by atoms with van der Waals surface area (Å²) in [5.41, 5.74) is 1.21. The quantitative estimate of drug-likeness (QED) is 0.798. The van der Waals surface area contributed by atoms with E-state index in [0.29, 0.717) is 18.7 Å². The van der Waals surface area contributed by atoms with Crippen LogP contribution in [0.4, 0.5) is 5.69 Å². The minimum Gasteiger partial charge on any atom is -0.369 e. The molecular weight excluding hydrogens is 268 g/mol. The number of rotatable bonds is 3. The van der Waals surface area contributed by atoms with Gasteiger partial charge in [0.05, 0.1) is 18.5 Å². The molecule has 0 aromatic heterocycles. The number of benzene rings is 1. The van der Waals surface area contributed by atoms with Gasteiger partial charge >= 0.3 is 5.97 Å². The van der Waals surface area contributed by atoms with Gasteiger partial charge in [-0.2, -0.15) is 0 Å². The number of hydrogen-bond acceptors (Lipinski definition) is 5. The second-order valence-electron chi connectivity index (χ2n) is 6.26. The van der Waals surface area contributed by atoms with Crippen LogP contribution in [0.15, 0.2) is 24.3 Å². The van der Waals surface area contributed by atoms with Gasteiger partial charge in [-0.05, 0) is 32.9 Å². The van der Waals surface area contributed by atoms with E-state index >= 15 is 0 Å². The summed E-state index contributed by atoms with van der Waals surface area (Å²) in [6, 6.07) is 7.54. The Morgan fingerprint density at radius 3 is 2.43 bits per heavy atom. The molecule has 1 fully saturated rings. The summed E-state index contributed by atoms with van der Waals surface area (Å²) in [7, 11) is 0. The van der Waals surface area contributed by atoms with Gasteiger partial charge in [-0.1, -0.05) is 12.1 Å². The highest BCUT2D eigenvalue weighted by molar-refractivity contribution is 5.77. The Kier molecular flexibility index (Phi) is 4.63. The Bertz CT molecular complexity index is 514. The van der Waals surface area contributed by atoms with Crippen molar-refractivity contribution in [3.05, 3.63) is 29.8 Å². The zero-order valence-corrected chi connectivity index (χ0v) is 12.8. The first kappa shape index (κ1) is 15.5. The van der Waals surface area contributed by atoms with Gasteiger partial charge in [0, 0.05) is 24.3 Å². The fourth-order valence-electron chi connectivity index (χ4n) is 2.09. The number of carbonyl (C=O) groups is 2. The molecule has 0 amide bonds. The van der Waals surface area contributed by atoms with Gasteiger partial charge in [0.1, 0.15) is 6.29 Å². The fourth-order valence-corrected chi connectivity index (χ4v) is 2.09. The maximum Gasteiger partial charge on any atom is 0.330 e. The first-order valence-corrected chi connectivity index (χ1v) is 7.18. The van der Waals surface area contributed by atoms with Crippen LogP contribution in [-0.4, -0.2) is 43.5 Å². The van der Waals surface area contributed by atoms with Crippen molar-refractivity contribution >= 4 is 17.9 Å². The first-order chi connectivity index (χ1) is 9.90. The highest BCUT2D eigenvalue weighted by atomic mass is 16.7. The van der Waals surface area contributed by atoms with Crippen LogP contribution in [-0.2, 0) is 9.63 Å². The topological polar surface area (TPSA) is 49.9 Å². The third kappa shape index (κ3) is 4.04. The monoisotopic (exact) mass is 290 g/mol. The molecule has 0 bridgehead atoms. The van der Waals surface area contributed by atoms with Gasteiger partial charge in [-0.25, -0.2) is 4.79 Å². The van der Waals surface area contributed by atoms with Crippen LogP contribution < -0.4 is 4.90 Å². The Labute approximate surface area is 125 Å². The third-order valence-corrected chi connectivity index (χ3v) is 3.43. The Morgan fingerprint density at radius 1 is 1.19 bits per heavy atom. The maximum absolute atomic E-state index is 11.9. The lowest BCUT2D eigenvalue weighted by Gasteiger charge is -2.35. The van der Waals surface area contributed by atoms with Crippen molar-refractivity contribution in [2.75, 3.05) is 31.1 Å². The number of hydrogen-bond donors (Lipinski definition) is 0. The molecule has 21 heavy (non-hydrogen) atoms. The largest absolute Gasteiger partial charge is 0.369 e. The summed E-state index contributed by atoms with van der Waals surface area (Å²) in [5.74, 6) is -0.209. The van der Waals surface area contributed by atoms with Crippen LogP contribution in [0, 0.1) is 5.41 Å². The van der Waals surface area contributed by atoms with Crippen LogP contribution in [0.5, 0.6) is 0 Å². The number of piperazine rings is 1. The van der Waals surface area contributed by atoms with E-state index in [4.69, 9.17) is 4.84 Å². The van der Waals surface area contributed by atoms with E-state index in [2.05, 4.69) is 4.90 Å². The van der Waals surface area contributed by atoms with Crippen molar-refractivity contribution in [2.24, 2.45) is 5.41 Å². The normalized spacial score (nSPS) is 16.6. The molecule has 0 unspecified atom stereocenters. The van der Waals surface area contributed by atoms with Crippen molar-refractivity contribution in [2.45, 2.75) is 20.8 Å². The molecule has 0 spiro atoms. The minimum absolute atomic E-state index is 0.209. The van der Waals surface area contributed by atoms with E-state index in [0.717, 1.165) is 25.1 Å². The van der Waals surface area contributed by atoms with Crippen LogP contribution in [0.2, 0.25) is 0 Å². The Balaban J connectivity index is 1.91. The van der Waals surface area contributed by atoms with Gasteiger partial charge in [0.15, 0.2) is 0 Å². The van der Waals surface area contributed by atoms with Gasteiger partial charge in [-0.3, -0.25) is 4.79 Å². The molecule has 0 atom stereocenters. The summed E-state index contributed by atoms with van der Waals surface area (Å²) in [6.45, 7) is 8.38. The zero-order chi connectivity index (χ0) is 15.5. The molecule has 0 N–H and O–H groups in total. The van der Waals surface area contributed by atoms with Gasteiger partial charge < -0.3 is 9.74 Å². The molecule has 1 aliphatic heterocycles.